The lowest BCUT2D eigenvalue weighted by atomic mass is 10.2. The normalized spacial score (nSPS) is 11.5. The minimum absolute atomic E-state index is 0.193. The van der Waals surface area contributed by atoms with Gasteiger partial charge in [-0.25, -0.2) is 8.42 Å². The Balaban J connectivity index is 2.12. The third kappa shape index (κ3) is 4.46. The average molecular weight is 320 g/mol. The second-order valence-electron chi connectivity index (χ2n) is 5.47. The third-order valence-corrected chi connectivity index (χ3v) is 4.26. The summed E-state index contributed by atoms with van der Waals surface area (Å²) >= 11 is 0. The molecule has 0 atom stereocenters. The van der Waals surface area contributed by atoms with E-state index < -0.39 is 10.0 Å². The van der Waals surface area contributed by atoms with Crippen LogP contribution in [-0.4, -0.2) is 20.0 Å². The van der Waals surface area contributed by atoms with E-state index in [1.54, 1.807) is 37.4 Å². The summed E-state index contributed by atoms with van der Waals surface area (Å²) in [7, 11) is -3.61. The molecule has 0 fully saturated rings. The van der Waals surface area contributed by atoms with E-state index in [0.717, 1.165) is 5.69 Å². The van der Waals surface area contributed by atoms with Gasteiger partial charge in [-0.1, -0.05) is 13.8 Å². The molecule has 1 heterocycles. The molecule has 2 rings (SSSR count). The molecule has 0 saturated carbocycles. The number of pyridine rings is 1. The molecule has 0 amide bonds. The molecule has 0 radical (unpaired) electrons. The van der Waals surface area contributed by atoms with E-state index in [1.807, 2.05) is 0 Å². The molecule has 0 saturated heterocycles. The summed E-state index contributed by atoms with van der Waals surface area (Å²) in [4.78, 5) is 4.23. The minimum atomic E-state index is -3.61. The summed E-state index contributed by atoms with van der Waals surface area (Å²) in [6.07, 6.45) is 1.57. The van der Waals surface area contributed by atoms with E-state index in [0.29, 0.717) is 24.0 Å². The molecule has 6 heteroatoms. The highest BCUT2D eigenvalue weighted by atomic mass is 32.2. The van der Waals surface area contributed by atoms with Gasteiger partial charge in [0.25, 0.3) is 10.0 Å². The smallest absolute Gasteiger partial charge is 0.261 e. The maximum atomic E-state index is 12.3. The summed E-state index contributed by atoms with van der Waals surface area (Å²) in [5.41, 5.74) is 1.24. The Morgan fingerprint density at radius 3 is 2.45 bits per heavy atom. The number of nitrogens with zero attached hydrogens (tertiary/aromatic N) is 1. The van der Waals surface area contributed by atoms with Crippen molar-refractivity contribution in [3.8, 4) is 5.75 Å². The van der Waals surface area contributed by atoms with E-state index in [9.17, 15) is 8.42 Å². The van der Waals surface area contributed by atoms with E-state index in [2.05, 4.69) is 23.6 Å². The molecule has 22 heavy (non-hydrogen) atoms. The van der Waals surface area contributed by atoms with E-state index in [-0.39, 0.29) is 4.90 Å². The van der Waals surface area contributed by atoms with E-state index >= 15 is 0 Å². The Labute approximate surface area is 131 Å². The fourth-order valence-electron chi connectivity index (χ4n) is 1.80. The number of ether oxygens (including phenoxy) is 1. The molecular weight excluding hydrogens is 300 g/mol. The number of nitrogens with one attached hydrogen (secondary N) is 1. The van der Waals surface area contributed by atoms with Gasteiger partial charge in [0.1, 0.15) is 5.75 Å². The fourth-order valence-corrected chi connectivity index (χ4v) is 2.85. The van der Waals surface area contributed by atoms with Crippen LogP contribution in [-0.2, 0) is 10.0 Å². The van der Waals surface area contributed by atoms with Crippen LogP contribution < -0.4 is 9.46 Å². The quantitative estimate of drug-likeness (QED) is 0.887. The van der Waals surface area contributed by atoms with Crippen molar-refractivity contribution in [1.29, 1.82) is 0 Å². The SMILES string of the molecule is Cc1cc(NS(=O)(=O)c2ccc(OCC(C)C)cc2)ccn1. The van der Waals surface area contributed by atoms with Gasteiger partial charge in [0.05, 0.1) is 17.2 Å². The van der Waals surface area contributed by atoms with Gasteiger partial charge < -0.3 is 4.74 Å². The second-order valence-corrected chi connectivity index (χ2v) is 7.15. The summed E-state index contributed by atoms with van der Waals surface area (Å²) in [6, 6.07) is 9.68. The van der Waals surface area contributed by atoms with Crippen LogP contribution in [0.15, 0.2) is 47.5 Å². The number of aromatic nitrogens is 1. The van der Waals surface area contributed by atoms with E-state index in [4.69, 9.17) is 4.74 Å². The second kappa shape index (κ2) is 6.79. The van der Waals surface area contributed by atoms with Gasteiger partial charge in [0, 0.05) is 11.9 Å². The van der Waals surface area contributed by atoms with E-state index in [1.165, 1.54) is 12.1 Å². The number of hydrogen-bond donors (Lipinski definition) is 1. The van der Waals surface area contributed by atoms with Crippen LogP contribution >= 0.6 is 0 Å². The summed E-state index contributed by atoms with van der Waals surface area (Å²) < 4.78 is 32.7. The van der Waals surface area contributed by atoms with Crippen LogP contribution in [0.5, 0.6) is 5.75 Å². The summed E-state index contributed by atoms with van der Waals surface area (Å²) in [5, 5.41) is 0. The highest BCUT2D eigenvalue weighted by molar-refractivity contribution is 7.92. The standard InChI is InChI=1S/C16H20N2O3S/c1-12(2)11-21-15-4-6-16(7-5-15)22(19,20)18-14-8-9-17-13(3)10-14/h4-10,12H,11H2,1-3H3,(H,17,18). The molecule has 1 aromatic carbocycles. The molecule has 0 spiro atoms. The Morgan fingerprint density at radius 1 is 1.18 bits per heavy atom. The monoisotopic (exact) mass is 320 g/mol. The van der Waals surface area contributed by atoms with Gasteiger partial charge >= 0.3 is 0 Å². The van der Waals surface area contributed by atoms with Crippen LogP contribution in [0, 0.1) is 12.8 Å². The number of rotatable bonds is 6. The zero-order chi connectivity index (χ0) is 16.2. The zero-order valence-corrected chi connectivity index (χ0v) is 13.7. The molecule has 0 aliphatic rings. The number of aryl methyl sites for hydroxylation is 1. The molecule has 5 nitrogen and oxygen atoms in total. The zero-order valence-electron chi connectivity index (χ0n) is 12.9. The molecule has 0 aliphatic carbocycles. The predicted octanol–water partition coefficient (Wildman–Crippen LogP) is 3.23. The van der Waals surface area contributed by atoms with Crippen LogP contribution in [0.1, 0.15) is 19.5 Å². The number of benzene rings is 1. The Hall–Kier alpha value is -2.08. The van der Waals surface area contributed by atoms with Crippen molar-refractivity contribution in [2.75, 3.05) is 11.3 Å². The van der Waals surface area contributed by atoms with Gasteiger partial charge in [0.2, 0.25) is 0 Å². The van der Waals surface area contributed by atoms with Crippen LogP contribution in [0.3, 0.4) is 0 Å². The minimum Gasteiger partial charge on any atom is -0.493 e. The first-order valence-corrected chi connectivity index (χ1v) is 8.53. The lowest BCUT2D eigenvalue weighted by Gasteiger charge is -2.11. The van der Waals surface area contributed by atoms with Crippen molar-refractivity contribution >= 4 is 15.7 Å². The van der Waals surface area contributed by atoms with Gasteiger partial charge in [-0.15, -0.1) is 0 Å². The van der Waals surface area contributed by atoms with Crippen molar-refractivity contribution in [3.63, 3.8) is 0 Å². The largest absolute Gasteiger partial charge is 0.493 e. The third-order valence-electron chi connectivity index (χ3n) is 2.87. The van der Waals surface area contributed by atoms with Crippen molar-refractivity contribution in [2.45, 2.75) is 25.7 Å². The average Bonchev–Trinajstić information content (AvgIpc) is 2.45. The molecule has 2 aromatic rings. The topological polar surface area (TPSA) is 68.3 Å². The van der Waals surface area contributed by atoms with Crippen LogP contribution in [0.4, 0.5) is 5.69 Å². The number of sulfonamides is 1. The first kappa shape index (κ1) is 16.3. The van der Waals surface area contributed by atoms with Gasteiger partial charge in [0.15, 0.2) is 0 Å². The van der Waals surface area contributed by atoms with Crippen molar-refractivity contribution < 1.29 is 13.2 Å². The molecule has 0 unspecified atom stereocenters. The maximum Gasteiger partial charge on any atom is 0.261 e. The van der Waals surface area contributed by atoms with Crippen molar-refractivity contribution in [2.24, 2.45) is 5.92 Å². The lowest BCUT2D eigenvalue weighted by molar-refractivity contribution is 0.271. The molecule has 0 aliphatic heterocycles. The van der Waals surface area contributed by atoms with Crippen LogP contribution in [0.2, 0.25) is 0 Å². The Morgan fingerprint density at radius 2 is 1.86 bits per heavy atom. The number of hydrogen-bond acceptors (Lipinski definition) is 4. The van der Waals surface area contributed by atoms with Gasteiger partial charge in [-0.2, -0.15) is 0 Å². The molecule has 118 valence electrons. The predicted molar refractivity (Wildman–Crippen MR) is 86.6 cm³/mol. The molecule has 1 N–H and O–H groups in total. The van der Waals surface area contributed by atoms with Gasteiger partial charge in [-0.05, 0) is 49.2 Å². The first-order valence-electron chi connectivity index (χ1n) is 7.05. The Bertz CT molecular complexity index is 725. The van der Waals surface area contributed by atoms with Crippen molar-refractivity contribution in [1.82, 2.24) is 4.98 Å². The molecule has 1 aromatic heterocycles. The summed E-state index contributed by atoms with van der Waals surface area (Å²) in [5.74, 6) is 1.08. The summed E-state index contributed by atoms with van der Waals surface area (Å²) in [6.45, 7) is 6.51. The highest BCUT2D eigenvalue weighted by Gasteiger charge is 2.14. The molecular formula is C16H20N2O3S. The lowest BCUT2D eigenvalue weighted by Crippen LogP contribution is -2.13. The van der Waals surface area contributed by atoms with Crippen LogP contribution in [0.25, 0.3) is 0 Å². The maximum absolute atomic E-state index is 12.3. The first-order chi connectivity index (χ1) is 10.4. The van der Waals surface area contributed by atoms with Gasteiger partial charge in [-0.3, -0.25) is 9.71 Å². The molecule has 0 bridgehead atoms. The van der Waals surface area contributed by atoms with Crippen molar-refractivity contribution in [3.05, 3.63) is 48.3 Å². The highest BCUT2D eigenvalue weighted by Crippen LogP contribution is 2.19. The Kier molecular flexibility index (Phi) is 5.03. The number of anilines is 1. The fraction of sp³-hybridized carbons (Fsp3) is 0.312.